The first kappa shape index (κ1) is 24.3. The summed E-state index contributed by atoms with van der Waals surface area (Å²) in [7, 11) is 1.44. The van der Waals surface area contributed by atoms with E-state index in [2.05, 4.69) is 18.7 Å². The molecule has 1 amide bonds. The van der Waals surface area contributed by atoms with Gasteiger partial charge in [-0.05, 0) is 55.9 Å². The third-order valence-electron chi connectivity index (χ3n) is 5.95. The second kappa shape index (κ2) is 10.5. The zero-order valence-corrected chi connectivity index (χ0v) is 19.0. The molecule has 1 saturated heterocycles. The molecule has 0 saturated carbocycles. The van der Waals surface area contributed by atoms with Gasteiger partial charge in [-0.1, -0.05) is 26.0 Å². The number of rotatable bonds is 9. The normalized spacial score (nSPS) is 17.7. The van der Waals surface area contributed by atoms with Crippen molar-refractivity contribution in [3.05, 3.63) is 65.0 Å². The molecule has 33 heavy (non-hydrogen) atoms. The number of Topliss-reactive ketones (excluding diaryl/α,β-unsaturated/α-hetero) is 1. The Morgan fingerprint density at radius 2 is 1.79 bits per heavy atom. The number of carbonyl (C=O) groups is 2. The van der Waals surface area contributed by atoms with Crippen LogP contribution in [-0.2, 0) is 9.59 Å². The quantitative estimate of drug-likeness (QED) is 0.340. The first-order valence-corrected chi connectivity index (χ1v) is 11.0. The van der Waals surface area contributed by atoms with Crippen molar-refractivity contribution in [3.63, 3.8) is 0 Å². The molecule has 1 aliphatic heterocycles. The lowest BCUT2D eigenvalue weighted by molar-refractivity contribution is -0.140. The molecule has 1 fully saturated rings. The number of ether oxygens (including phenoxy) is 1. The SMILES string of the molecule is CCN(CC)CCCN1C(=O)C(=O)C(=C(O)c2ccc(OC)cc2O)[C@H]1c1ccc(F)cc1. The van der Waals surface area contributed by atoms with E-state index >= 15 is 0 Å². The first-order valence-electron chi connectivity index (χ1n) is 11.0. The van der Waals surface area contributed by atoms with Crippen LogP contribution in [0.4, 0.5) is 4.39 Å². The first-order chi connectivity index (χ1) is 15.8. The standard InChI is InChI=1S/C25H29FN2O5/c1-4-27(5-2)13-6-14-28-22(16-7-9-17(26)10-8-16)21(24(31)25(28)32)23(30)19-12-11-18(33-3)15-20(19)29/h7-12,15,22,29-30H,4-6,13-14H2,1-3H3/t22-/m1/s1. The van der Waals surface area contributed by atoms with Crippen LogP contribution in [0.15, 0.2) is 48.0 Å². The van der Waals surface area contributed by atoms with Crippen LogP contribution in [0.5, 0.6) is 11.5 Å². The fourth-order valence-corrected chi connectivity index (χ4v) is 4.09. The predicted octanol–water partition coefficient (Wildman–Crippen LogP) is 3.69. The van der Waals surface area contributed by atoms with Crippen molar-refractivity contribution in [2.45, 2.75) is 26.3 Å². The van der Waals surface area contributed by atoms with E-state index in [4.69, 9.17) is 4.74 Å². The van der Waals surface area contributed by atoms with Crippen LogP contribution in [0.1, 0.15) is 37.4 Å². The van der Waals surface area contributed by atoms with E-state index in [1.54, 1.807) is 0 Å². The maximum Gasteiger partial charge on any atom is 0.295 e. The van der Waals surface area contributed by atoms with Gasteiger partial charge in [-0.3, -0.25) is 9.59 Å². The van der Waals surface area contributed by atoms with E-state index in [1.165, 1.54) is 54.5 Å². The number of aliphatic hydroxyl groups is 1. The molecule has 176 valence electrons. The number of ketones is 1. The highest BCUT2D eigenvalue weighted by atomic mass is 19.1. The van der Waals surface area contributed by atoms with Crippen LogP contribution in [-0.4, -0.2) is 65.0 Å². The maximum atomic E-state index is 13.6. The minimum Gasteiger partial charge on any atom is -0.507 e. The van der Waals surface area contributed by atoms with Crippen LogP contribution in [0.25, 0.3) is 5.76 Å². The summed E-state index contributed by atoms with van der Waals surface area (Å²) in [5.41, 5.74) is 0.354. The lowest BCUT2D eigenvalue weighted by Crippen LogP contribution is -2.33. The number of methoxy groups -OCH3 is 1. The van der Waals surface area contributed by atoms with Crippen LogP contribution in [0, 0.1) is 5.82 Å². The highest BCUT2D eigenvalue weighted by Crippen LogP contribution is 2.41. The van der Waals surface area contributed by atoms with Crippen LogP contribution >= 0.6 is 0 Å². The van der Waals surface area contributed by atoms with Gasteiger partial charge >= 0.3 is 0 Å². The second-order valence-corrected chi connectivity index (χ2v) is 7.81. The van der Waals surface area contributed by atoms with Gasteiger partial charge in [0.25, 0.3) is 11.7 Å². The van der Waals surface area contributed by atoms with E-state index in [0.29, 0.717) is 17.7 Å². The van der Waals surface area contributed by atoms with Gasteiger partial charge < -0.3 is 24.7 Å². The topological polar surface area (TPSA) is 90.3 Å². The van der Waals surface area contributed by atoms with Gasteiger partial charge in [0, 0.05) is 12.6 Å². The molecular formula is C25H29FN2O5. The van der Waals surface area contributed by atoms with E-state index in [0.717, 1.165) is 19.6 Å². The fourth-order valence-electron chi connectivity index (χ4n) is 4.09. The highest BCUT2D eigenvalue weighted by Gasteiger charge is 2.46. The molecule has 0 radical (unpaired) electrons. The zero-order chi connectivity index (χ0) is 24.1. The maximum absolute atomic E-state index is 13.6. The van der Waals surface area contributed by atoms with E-state index < -0.39 is 29.3 Å². The van der Waals surface area contributed by atoms with Gasteiger partial charge in [0.2, 0.25) is 0 Å². The van der Waals surface area contributed by atoms with Crippen molar-refractivity contribution in [2.75, 3.05) is 33.3 Å². The molecule has 0 unspecified atom stereocenters. The van der Waals surface area contributed by atoms with Crippen molar-refractivity contribution in [1.29, 1.82) is 0 Å². The van der Waals surface area contributed by atoms with E-state index in [-0.39, 0.29) is 23.4 Å². The van der Waals surface area contributed by atoms with Gasteiger partial charge in [-0.15, -0.1) is 0 Å². The van der Waals surface area contributed by atoms with Crippen molar-refractivity contribution in [2.24, 2.45) is 0 Å². The van der Waals surface area contributed by atoms with Crippen LogP contribution in [0.3, 0.4) is 0 Å². The number of aliphatic hydroxyl groups excluding tert-OH is 1. The number of nitrogens with zero attached hydrogens (tertiary/aromatic N) is 2. The summed E-state index contributed by atoms with van der Waals surface area (Å²) in [6.45, 7) is 6.87. The Bertz CT molecular complexity index is 1050. The molecule has 0 bridgehead atoms. The smallest absolute Gasteiger partial charge is 0.295 e. The Morgan fingerprint density at radius 3 is 2.36 bits per heavy atom. The van der Waals surface area contributed by atoms with Gasteiger partial charge in [0.1, 0.15) is 23.1 Å². The number of halogens is 1. The average Bonchev–Trinajstić information content (AvgIpc) is 3.06. The Balaban J connectivity index is 2.05. The third kappa shape index (κ3) is 5.01. The highest BCUT2D eigenvalue weighted by molar-refractivity contribution is 6.46. The van der Waals surface area contributed by atoms with Gasteiger partial charge in [-0.25, -0.2) is 4.39 Å². The summed E-state index contributed by atoms with van der Waals surface area (Å²) in [6.07, 6.45) is 0.625. The molecule has 2 aromatic rings. The molecule has 8 heteroatoms. The number of phenols is 1. The van der Waals surface area contributed by atoms with E-state index in [9.17, 15) is 24.2 Å². The number of benzene rings is 2. The number of phenolic OH excluding ortho intramolecular Hbond substituents is 1. The van der Waals surface area contributed by atoms with Crippen molar-refractivity contribution >= 4 is 17.4 Å². The number of hydrogen-bond acceptors (Lipinski definition) is 6. The van der Waals surface area contributed by atoms with Crippen molar-refractivity contribution < 1.29 is 28.9 Å². The Hall–Kier alpha value is -3.39. The monoisotopic (exact) mass is 456 g/mol. The molecule has 1 aliphatic rings. The molecule has 3 rings (SSSR count). The minimum atomic E-state index is -0.899. The molecule has 1 heterocycles. The Labute approximate surface area is 192 Å². The van der Waals surface area contributed by atoms with Gasteiger partial charge in [-0.2, -0.15) is 0 Å². The molecule has 1 atom stereocenters. The van der Waals surface area contributed by atoms with Crippen molar-refractivity contribution in [1.82, 2.24) is 9.80 Å². The number of amides is 1. The largest absolute Gasteiger partial charge is 0.507 e. The summed E-state index contributed by atoms with van der Waals surface area (Å²) in [4.78, 5) is 29.6. The summed E-state index contributed by atoms with van der Waals surface area (Å²) in [5, 5.41) is 21.4. The number of likely N-dealkylation sites (tertiary alicyclic amines) is 1. The predicted molar refractivity (Wildman–Crippen MR) is 122 cm³/mol. The van der Waals surface area contributed by atoms with E-state index in [1.807, 2.05) is 0 Å². The summed E-state index contributed by atoms with van der Waals surface area (Å²) < 4.78 is 18.6. The summed E-state index contributed by atoms with van der Waals surface area (Å²) in [5.74, 6) is -2.45. The molecule has 7 nitrogen and oxygen atoms in total. The Morgan fingerprint density at radius 1 is 1.12 bits per heavy atom. The third-order valence-corrected chi connectivity index (χ3v) is 5.95. The number of hydrogen-bond donors (Lipinski definition) is 2. The van der Waals surface area contributed by atoms with Crippen LogP contribution in [0.2, 0.25) is 0 Å². The second-order valence-electron chi connectivity index (χ2n) is 7.81. The molecule has 0 aromatic heterocycles. The molecule has 2 N–H and O–H groups in total. The molecule has 0 aliphatic carbocycles. The fraction of sp³-hybridized carbons (Fsp3) is 0.360. The van der Waals surface area contributed by atoms with Gasteiger partial charge in [0.05, 0.1) is 24.3 Å². The lowest BCUT2D eigenvalue weighted by atomic mass is 9.95. The Kier molecular flexibility index (Phi) is 7.71. The zero-order valence-electron chi connectivity index (χ0n) is 19.0. The van der Waals surface area contributed by atoms with Crippen molar-refractivity contribution in [3.8, 4) is 11.5 Å². The molecule has 0 spiro atoms. The minimum absolute atomic E-state index is 0.00375. The van der Waals surface area contributed by atoms with Crippen LogP contribution < -0.4 is 4.74 Å². The number of carbonyl (C=O) groups excluding carboxylic acids is 2. The molecular weight excluding hydrogens is 427 g/mol. The molecule has 2 aromatic carbocycles. The lowest BCUT2D eigenvalue weighted by Gasteiger charge is -2.26. The number of aromatic hydroxyl groups is 1. The summed E-state index contributed by atoms with van der Waals surface area (Å²) >= 11 is 0. The van der Waals surface area contributed by atoms with Gasteiger partial charge in [0.15, 0.2) is 0 Å². The summed E-state index contributed by atoms with van der Waals surface area (Å²) in [6, 6.07) is 8.83. The average molecular weight is 457 g/mol.